The molecule has 0 radical (unpaired) electrons. The Hall–Kier alpha value is -1.79. The van der Waals surface area contributed by atoms with Gasteiger partial charge in [0.2, 0.25) is 0 Å². The molecule has 150 valence electrons. The molecule has 2 aliphatic rings. The minimum Gasteiger partial charge on any atom is -0.493 e. The van der Waals surface area contributed by atoms with E-state index in [2.05, 4.69) is 24.1 Å². The van der Waals surface area contributed by atoms with E-state index in [0.717, 1.165) is 45.6 Å². The van der Waals surface area contributed by atoms with Gasteiger partial charge in [0.25, 0.3) is 5.91 Å². The lowest BCUT2D eigenvalue weighted by molar-refractivity contribution is 0.0818. The summed E-state index contributed by atoms with van der Waals surface area (Å²) in [7, 11) is 1.63. The second-order valence-corrected chi connectivity index (χ2v) is 7.75. The largest absolute Gasteiger partial charge is 0.493 e. The maximum atomic E-state index is 12.5. The summed E-state index contributed by atoms with van der Waals surface area (Å²) < 4.78 is 17.0. The Balaban J connectivity index is 1.60. The van der Waals surface area contributed by atoms with Gasteiger partial charge in [0.05, 0.1) is 13.7 Å². The number of benzene rings is 1. The van der Waals surface area contributed by atoms with Gasteiger partial charge >= 0.3 is 0 Å². The number of piperidine rings is 1. The average molecular weight is 376 g/mol. The second kappa shape index (κ2) is 9.42. The minimum absolute atomic E-state index is 0.0796. The van der Waals surface area contributed by atoms with Crippen LogP contribution in [-0.4, -0.2) is 62.9 Å². The van der Waals surface area contributed by atoms with E-state index in [4.69, 9.17) is 14.2 Å². The molecule has 1 N–H and O–H groups in total. The van der Waals surface area contributed by atoms with Crippen LogP contribution in [0.1, 0.15) is 43.5 Å². The van der Waals surface area contributed by atoms with Gasteiger partial charge in [-0.1, -0.05) is 0 Å². The fourth-order valence-electron chi connectivity index (χ4n) is 3.68. The third-order valence-electron chi connectivity index (χ3n) is 5.50. The van der Waals surface area contributed by atoms with E-state index in [-0.39, 0.29) is 12.0 Å². The number of ether oxygens (including phenoxy) is 3. The van der Waals surface area contributed by atoms with E-state index in [9.17, 15) is 4.79 Å². The van der Waals surface area contributed by atoms with Crippen molar-refractivity contribution in [1.82, 2.24) is 10.2 Å². The Bertz CT molecular complexity index is 621. The zero-order chi connectivity index (χ0) is 19.2. The monoisotopic (exact) mass is 376 g/mol. The SMILES string of the molecule is COc1ccc(C(=O)NCC2CCOC2)cc1OC1CCN(C(C)C)CC1. The van der Waals surface area contributed by atoms with Crippen molar-refractivity contribution in [3.63, 3.8) is 0 Å². The fourth-order valence-corrected chi connectivity index (χ4v) is 3.68. The number of likely N-dealkylation sites (tertiary alicyclic amines) is 1. The van der Waals surface area contributed by atoms with Crippen LogP contribution in [0.2, 0.25) is 0 Å². The second-order valence-electron chi connectivity index (χ2n) is 7.75. The van der Waals surface area contributed by atoms with E-state index in [1.165, 1.54) is 0 Å². The Morgan fingerprint density at radius 3 is 2.67 bits per heavy atom. The molecule has 0 aliphatic carbocycles. The van der Waals surface area contributed by atoms with Gasteiger partial charge in [0.1, 0.15) is 6.10 Å². The van der Waals surface area contributed by atoms with Gasteiger partial charge < -0.3 is 24.4 Å². The molecule has 6 heteroatoms. The van der Waals surface area contributed by atoms with Crippen LogP contribution in [0.25, 0.3) is 0 Å². The molecule has 2 aliphatic heterocycles. The molecule has 1 aromatic rings. The van der Waals surface area contributed by atoms with Crippen molar-refractivity contribution in [2.45, 2.75) is 45.3 Å². The van der Waals surface area contributed by atoms with Crippen molar-refractivity contribution in [1.29, 1.82) is 0 Å². The summed E-state index contributed by atoms with van der Waals surface area (Å²) in [4.78, 5) is 15.0. The number of carbonyl (C=O) groups is 1. The van der Waals surface area contributed by atoms with Crippen LogP contribution in [0.5, 0.6) is 11.5 Å². The minimum atomic E-state index is -0.0796. The highest BCUT2D eigenvalue weighted by Gasteiger charge is 2.24. The van der Waals surface area contributed by atoms with Crippen LogP contribution >= 0.6 is 0 Å². The van der Waals surface area contributed by atoms with E-state index in [0.29, 0.717) is 35.6 Å². The first-order valence-corrected chi connectivity index (χ1v) is 10.0. The highest BCUT2D eigenvalue weighted by Crippen LogP contribution is 2.31. The smallest absolute Gasteiger partial charge is 0.251 e. The lowest BCUT2D eigenvalue weighted by Gasteiger charge is -2.34. The average Bonchev–Trinajstić information content (AvgIpc) is 3.20. The summed E-state index contributed by atoms with van der Waals surface area (Å²) in [5.41, 5.74) is 0.601. The van der Waals surface area contributed by atoms with Crippen molar-refractivity contribution in [3.05, 3.63) is 23.8 Å². The molecule has 0 aromatic heterocycles. The third-order valence-corrected chi connectivity index (χ3v) is 5.50. The van der Waals surface area contributed by atoms with Crippen molar-refractivity contribution >= 4 is 5.91 Å². The topological polar surface area (TPSA) is 60.0 Å². The van der Waals surface area contributed by atoms with E-state index >= 15 is 0 Å². The zero-order valence-electron chi connectivity index (χ0n) is 16.7. The Kier molecular flexibility index (Phi) is 6.96. The lowest BCUT2D eigenvalue weighted by Crippen LogP contribution is -2.41. The maximum Gasteiger partial charge on any atom is 0.251 e. The molecule has 0 spiro atoms. The molecule has 1 atom stereocenters. The molecule has 0 saturated carbocycles. The number of nitrogens with one attached hydrogen (secondary N) is 1. The number of carbonyl (C=O) groups excluding carboxylic acids is 1. The number of methoxy groups -OCH3 is 1. The maximum absolute atomic E-state index is 12.5. The Morgan fingerprint density at radius 1 is 1.26 bits per heavy atom. The predicted molar refractivity (Wildman–Crippen MR) is 105 cm³/mol. The molecular weight excluding hydrogens is 344 g/mol. The predicted octanol–water partition coefficient (Wildman–Crippen LogP) is 2.71. The summed E-state index contributed by atoms with van der Waals surface area (Å²) >= 11 is 0. The lowest BCUT2D eigenvalue weighted by atomic mass is 10.1. The molecule has 0 bridgehead atoms. The van der Waals surface area contributed by atoms with Crippen molar-refractivity contribution in [2.75, 3.05) is 40.0 Å². The van der Waals surface area contributed by atoms with Gasteiger partial charge in [-0.15, -0.1) is 0 Å². The van der Waals surface area contributed by atoms with Crippen molar-refractivity contribution < 1.29 is 19.0 Å². The first-order valence-electron chi connectivity index (χ1n) is 10.0. The van der Waals surface area contributed by atoms with Crippen LogP contribution in [0.15, 0.2) is 18.2 Å². The van der Waals surface area contributed by atoms with Gasteiger partial charge in [0.15, 0.2) is 11.5 Å². The Morgan fingerprint density at radius 2 is 2.04 bits per heavy atom. The molecular formula is C21H32N2O4. The summed E-state index contributed by atoms with van der Waals surface area (Å²) in [6.07, 6.45) is 3.13. The van der Waals surface area contributed by atoms with Gasteiger partial charge in [-0.25, -0.2) is 0 Å². The fraction of sp³-hybridized carbons (Fsp3) is 0.667. The molecule has 2 saturated heterocycles. The molecule has 27 heavy (non-hydrogen) atoms. The molecule has 1 amide bonds. The van der Waals surface area contributed by atoms with Gasteiger partial charge in [-0.2, -0.15) is 0 Å². The summed E-state index contributed by atoms with van der Waals surface area (Å²) in [6, 6.07) is 5.96. The van der Waals surface area contributed by atoms with Crippen molar-refractivity contribution in [3.8, 4) is 11.5 Å². The zero-order valence-corrected chi connectivity index (χ0v) is 16.7. The molecule has 2 fully saturated rings. The third kappa shape index (κ3) is 5.36. The number of nitrogens with zero attached hydrogens (tertiary/aromatic N) is 1. The van der Waals surface area contributed by atoms with Crippen LogP contribution in [0, 0.1) is 5.92 Å². The summed E-state index contributed by atoms with van der Waals surface area (Å²) in [6.45, 7) is 8.69. The quantitative estimate of drug-likeness (QED) is 0.793. The van der Waals surface area contributed by atoms with Crippen LogP contribution in [0.3, 0.4) is 0 Å². The highest BCUT2D eigenvalue weighted by atomic mass is 16.5. The molecule has 6 nitrogen and oxygen atoms in total. The summed E-state index contributed by atoms with van der Waals surface area (Å²) in [5.74, 6) is 1.65. The standard InChI is InChI=1S/C21H32N2O4/c1-15(2)23-9-6-18(7-10-23)27-20-12-17(4-5-19(20)25-3)21(24)22-13-16-8-11-26-14-16/h4-5,12,15-16,18H,6-11,13-14H2,1-3H3,(H,22,24). The van der Waals surface area contributed by atoms with Crippen molar-refractivity contribution in [2.24, 2.45) is 5.92 Å². The number of hydrogen-bond donors (Lipinski definition) is 1. The van der Waals surface area contributed by atoms with Crippen LogP contribution in [-0.2, 0) is 4.74 Å². The van der Waals surface area contributed by atoms with Gasteiger partial charge in [-0.05, 0) is 51.3 Å². The molecule has 2 heterocycles. The molecule has 1 aromatic carbocycles. The number of hydrogen-bond acceptors (Lipinski definition) is 5. The normalized spacial score (nSPS) is 21.4. The Labute approximate surface area is 162 Å². The summed E-state index contributed by atoms with van der Waals surface area (Å²) in [5, 5.41) is 3.01. The molecule has 3 rings (SSSR count). The number of amides is 1. The van der Waals surface area contributed by atoms with Crippen LogP contribution < -0.4 is 14.8 Å². The van der Waals surface area contributed by atoms with E-state index < -0.39 is 0 Å². The van der Waals surface area contributed by atoms with Gasteiger partial charge in [-0.3, -0.25) is 4.79 Å². The van der Waals surface area contributed by atoms with E-state index in [1.54, 1.807) is 19.2 Å². The highest BCUT2D eigenvalue weighted by molar-refractivity contribution is 5.94. The van der Waals surface area contributed by atoms with Gasteiger partial charge in [0, 0.05) is 43.8 Å². The number of rotatable bonds is 7. The first kappa shape index (κ1) is 20.0. The molecule has 1 unspecified atom stereocenters. The first-order chi connectivity index (χ1) is 13.1. The van der Waals surface area contributed by atoms with Crippen LogP contribution in [0.4, 0.5) is 0 Å². The van der Waals surface area contributed by atoms with E-state index in [1.807, 2.05) is 6.07 Å².